The first-order chi connectivity index (χ1) is 12.8. The highest BCUT2D eigenvalue weighted by Gasteiger charge is 2.40. The van der Waals surface area contributed by atoms with Gasteiger partial charge in [-0.05, 0) is 48.4 Å². The van der Waals surface area contributed by atoms with Crippen molar-refractivity contribution in [2.24, 2.45) is 5.14 Å². The van der Waals surface area contributed by atoms with Crippen LogP contribution in [0, 0.1) is 0 Å². The van der Waals surface area contributed by atoms with Crippen molar-refractivity contribution >= 4 is 27.5 Å². The summed E-state index contributed by atoms with van der Waals surface area (Å²) in [5, 5.41) is 5.07. The molecule has 1 fully saturated rings. The standard InChI is InChI=1S/C19H20N2O5S/c1-2-11-26-15-7-3-13(4-8-15)17-12-18(22)21(19(17)23)14-5-9-16(10-6-14)27(20,24)25/h3-10,17H,2,11-12H2,1H3,(H2,20,24,25). The molecule has 27 heavy (non-hydrogen) atoms. The summed E-state index contributed by atoms with van der Waals surface area (Å²) in [4.78, 5) is 26.2. The van der Waals surface area contributed by atoms with Gasteiger partial charge in [-0.1, -0.05) is 19.1 Å². The maximum Gasteiger partial charge on any atom is 0.241 e. The third kappa shape index (κ3) is 4.01. The summed E-state index contributed by atoms with van der Waals surface area (Å²) in [5.74, 6) is -0.534. The Labute approximate surface area is 157 Å². The molecule has 3 rings (SSSR count). The minimum absolute atomic E-state index is 0.0605. The molecule has 2 aromatic carbocycles. The first-order valence-electron chi connectivity index (χ1n) is 8.53. The number of anilines is 1. The Morgan fingerprint density at radius 2 is 1.70 bits per heavy atom. The lowest BCUT2D eigenvalue weighted by molar-refractivity contribution is -0.121. The largest absolute Gasteiger partial charge is 0.494 e. The van der Waals surface area contributed by atoms with E-state index in [1.165, 1.54) is 24.3 Å². The van der Waals surface area contributed by atoms with E-state index in [4.69, 9.17) is 9.88 Å². The van der Waals surface area contributed by atoms with E-state index in [1.54, 1.807) is 24.3 Å². The smallest absolute Gasteiger partial charge is 0.241 e. The number of rotatable bonds is 6. The molecule has 142 valence electrons. The zero-order valence-electron chi connectivity index (χ0n) is 14.8. The van der Waals surface area contributed by atoms with Gasteiger partial charge in [0.05, 0.1) is 23.1 Å². The van der Waals surface area contributed by atoms with Gasteiger partial charge < -0.3 is 4.74 Å². The predicted octanol–water partition coefficient (Wildman–Crippen LogP) is 2.17. The Bertz CT molecular complexity index is 953. The number of hydrogen-bond acceptors (Lipinski definition) is 5. The third-order valence-corrected chi connectivity index (χ3v) is 5.25. The number of nitrogens with zero attached hydrogens (tertiary/aromatic N) is 1. The minimum Gasteiger partial charge on any atom is -0.494 e. The van der Waals surface area contributed by atoms with Crippen LogP contribution in [0.3, 0.4) is 0 Å². The van der Waals surface area contributed by atoms with Crippen LogP contribution in [0.5, 0.6) is 5.75 Å². The summed E-state index contributed by atoms with van der Waals surface area (Å²) < 4.78 is 28.2. The number of carbonyl (C=O) groups excluding carboxylic acids is 2. The Balaban J connectivity index is 1.80. The highest BCUT2D eigenvalue weighted by molar-refractivity contribution is 7.89. The molecular weight excluding hydrogens is 368 g/mol. The van der Waals surface area contributed by atoms with Crippen LogP contribution in [0.25, 0.3) is 0 Å². The summed E-state index contributed by atoms with van der Waals surface area (Å²) in [6.07, 6.45) is 0.960. The van der Waals surface area contributed by atoms with E-state index in [-0.39, 0.29) is 23.1 Å². The van der Waals surface area contributed by atoms with Gasteiger partial charge in [0.1, 0.15) is 5.75 Å². The summed E-state index contributed by atoms with van der Waals surface area (Å²) >= 11 is 0. The normalized spacial score (nSPS) is 17.4. The van der Waals surface area contributed by atoms with Gasteiger partial charge in [-0.2, -0.15) is 0 Å². The molecule has 0 radical (unpaired) electrons. The molecule has 1 unspecified atom stereocenters. The molecule has 0 aromatic heterocycles. The van der Waals surface area contributed by atoms with Crippen molar-refractivity contribution in [2.45, 2.75) is 30.6 Å². The van der Waals surface area contributed by atoms with Crippen molar-refractivity contribution in [2.75, 3.05) is 11.5 Å². The lowest BCUT2D eigenvalue weighted by Crippen LogP contribution is -2.30. The fourth-order valence-corrected chi connectivity index (χ4v) is 3.48. The number of amides is 2. The molecule has 0 aliphatic carbocycles. The number of sulfonamides is 1. The fourth-order valence-electron chi connectivity index (χ4n) is 2.96. The molecule has 0 bridgehead atoms. The average Bonchev–Trinajstić information content (AvgIpc) is 2.94. The number of primary sulfonamides is 1. The SMILES string of the molecule is CCCOc1ccc(C2CC(=O)N(c3ccc(S(N)(=O)=O)cc3)C2=O)cc1. The summed E-state index contributed by atoms with van der Waals surface area (Å²) in [7, 11) is -3.84. The van der Waals surface area contributed by atoms with Crippen LogP contribution >= 0.6 is 0 Å². The van der Waals surface area contributed by atoms with Gasteiger partial charge in [-0.25, -0.2) is 13.6 Å². The lowest BCUT2D eigenvalue weighted by Gasteiger charge is -2.15. The van der Waals surface area contributed by atoms with E-state index >= 15 is 0 Å². The maximum atomic E-state index is 12.8. The molecule has 2 amide bonds. The second-order valence-electron chi connectivity index (χ2n) is 6.28. The van der Waals surface area contributed by atoms with Crippen LogP contribution in [0.15, 0.2) is 53.4 Å². The lowest BCUT2D eigenvalue weighted by atomic mass is 9.97. The van der Waals surface area contributed by atoms with Crippen LogP contribution in [0.1, 0.15) is 31.2 Å². The molecule has 2 N–H and O–H groups in total. The summed E-state index contributed by atoms with van der Waals surface area (Å²) in [6, 6.07) is 12.5. The van der Waals surface area contributed by atoms with Crippen LogP contribution in [0.2, 0.25) is 0 Å². The van der Waals surface area contributed by atoms with E-state index in [1.807, 2.05) is 6.92 Å². The third-order valence-electron chi connectivity index (χ3n) is 4.33. The van der Waals surface area contributed by atoms with Gasteiger partial charge in [0.2, 0.25) is 21.8 Å². The summed E-state index contributed by atoms with van der Waals surface area (Å²) in [5.41, 5.74) is 1.06. The molecule has 0 spiro atoms. The molecule has 1 atom stereocenters. The van der Waals surface area contributed by atoms with Gasteiger partial charge in [-0.3, -0.25) is 14.5 Å². The van der Waals surface area contributed by atoms with E-state index in [2.05, 4.69) is 0 Å². The van der Waals surface area contributed by atoms with Crippen molar-refractivity contribution in [1.29, 1.82) is 0 Å². The predicted molar refractivity (Wildman–Crippen MR) is 99.9 cm³/mol. The Kier molecular flexibility index (Phi) is 5.29. The molecule has 1 aliphatic heterocycles. The van der Waals surface area contributed by atoms with Crippen molar-refractivity contribution in [3.8, 4) is 5.75 Å². The molecule has 1 heterocycles. The Morgan fingerprint density at radius 1 is 1.07 bits per heavy atom. The van der Waals surface area contributed by atoms with E-state index in [0.29, 0.717) is 18.0 Å². The van der Waals surface area contributed by atoms with Crippen LogP contribution in [0.4, 0.5) is 5.69 Å². The number of benzene rings is 2. The topological polar surface area (TPSA) is 107 Å². The van der Waals surface area contributed by atoms with Crippen molar-refractivity contribution < 1.29 is 22.7 Å². The van der Waals surface area contributed by atoms with Gasteiger partial charge in [0.25, 0.3) is 0 Å². The second-order valence-corrected chi connectivity index (χ2v) is 7.84. The van der Waals surface area contributed by atoms with Crippen LogP contribution in [-0.2, 0) is 19.6 Å². The molecule has 0 saturated carbocycles. The molecule has 2 aromatic rings. The Morgan fingerprint density at radius 3 is 2.26 bits per heavy atom. The fraction of sp³-hybridized carbons (Fsp3) is 0.263. The van der Waals surface area contributed by atoms with E-state index < -0.39 is 15.9 Å². The van der Waals surface area contributed by atoms with Gasteiger partial charge in [0, 0.05) is 6.42 Å². The monoisotopic (exact) mass is 388 g/mol. The van der Waals surface area contributed by atoms with Crippen LogP contribution in [-0.4, -0.2) is 26.8 Å². The van der Waals surface area contributed by atoms with Gasteiger partial charge in [0.15, 0.2) is 0 Å². The number of nitrogens with two attached hydrogens (primary N) is 1. The zero-order valence-corrected chi connectivity index (χ0v) is 15.6. The molecule has 7 nitrogen and oxygen atoms in total. The average molecular weight is 388 g/mol. The van der Waals surface area contributed by atoms with Gasteiger partial charge >= 0.3 is 0 Å². The van der Waals surface area contributed by atoms with Gasteiger partial charge in [-0.15, -0.1) is 0 Å². The maximum absolute atomic E-state index is 12.8. The molecule has 8 heteroatoms. The highest BCUT2D eigenvalue weighted by atomic mass is 32.2. The zero-order chi connectivity index (χ0) is 19.6. The van der Waals surface area contributed by atoms with E-state index in [9.17, 15) is 18.0 Å². The summed E-state index contributed by atoms with van der Waals surface area (Å²) in [6.45, 7) is 2.63. The van der Waals surface area contributed by atoms with Crippen molar-refractivity contribution in [1.82, 2.24) is 0 Å². The minimum atomic E-state index is -3.84. The number of hydrogen-bond donors (Lipinski definition) is 1. The van der Waals surface area contributed by atoms with E-state index in [0.717, 1.165) is 16.9 Å². The number of carbonyl (C=O) groups is 2. The number of ether oxygens (including phenoxy) is 1. The first kappa shape index (κ1) is 19.1. The highest BCUT2D eigenvalue weighted by Crippen LogP contribution is 2.34. The van der Waals surface area contributed by atoms with Crippen molar-refractivity contribution in [3.63, 3.8) is 0 Å². The second kappa shape index (κ2) is 7.50. The van der Waals surface area contributed by atoms with Crippen LogP contribution < -0.4 is 14.8 Å². The molecular formula is C19H20N2O5S. The molecule has 1 aliphatic rings. The number of imide groups is 1. The van der Waals surface area contributed by atoms with Crippen molar-refractivity contribution in [3.05, 3.63) is 54.1 Å². The molecule has 1 saturated heterocycles. The quantitative estimate of drug-likeness (QED) is 0.763. The first-order valence-corrected chi connectivity index (χ1v) is 10.1. The Hall–Kier alpha value is -2.71.